The van der Waals surface area contributed by atoms with Gasteiger partial charge in [0.25, 0.3) is 5.71 Å². The zero-order valence-electron chi connectivity index (χ0n) is 11.8. The van der Waals surface area contributed by atoms with Crippen LogP contribution in [-0.4, -0.2) is 52.0 Å². The van der Waals surface area contributed by atoms with Crippen LogP contribution in [0.5, 0.6) is 0 Å². The monoisotopic (exact) mass is 278 g/mol. The topological polar surface area (TPSA) is 84.5 Å². The second-order valence-electron chi connectivity index (χ2n) is 4.94. The van der Waals surface area contributed by atoms with Gasteiger partial charge in [0.1, 0.15) is 5.82 Å². The van der Waals surface area contributed by atoms with Crippen LogP contribution < -0.4 is 4.90 Å². The second kappa shape index (κ2) is 4.99. The average molecular weight is 278 g/mol. The molecular formula is C13H18N4O3. The SMILES string of the molecule is CCN(c1nc(C)nc2oc(C)nc12)[C@H]1COC[C@@H]1O. The van der Waals surface area contributed by atoms with Gasteiger partial charge in [0.2, 0.25) is 0 Å². The fourth-order valence-corrected chi connectivity index (χ4v) is 2.59. The normalized spacial score (nSPS) is 22.6. The molecule has 108 valence electrons. The number of ether oxygens (including phenoxy) is 1. The fraction of sp³-hybridized carbons (Fsp3) is 0.615. The van der Waals surface area contributed by atoms with Crippen molar-refractivity contribution in [2.24, 2.45) is 0 Å². The third-order valence-electron chi connectivity index (χ3n) is 3.49. The van der Waals surface area contributed by atoms with Gasteiger partial charge in [0.05, 0.1) is 25.4 Å². The van der Waals surface area contributed by atoms with Crippen molar-refractivity contribution in [2.75, 3.05) is 24.7 Å². The lowest BCUT2D eigenvalue weighted by Crippen LogP contribution is -2.43. The number of anilines is 1. The first kappa shape index (κ1) is 13.3. The van der Waals surface area contributed by atoms with E-state index in [-0.39, 0.29) is 6.04 Å². The van der Waals surface area contributed by atoms with Crippen molar-refractivity contribution in [3.05, 3.63) is 11.7 Å². The van der Waals surface area contributed by atoms with Crippen LogP contribution in [0.4, 0.5) is 5.82 Å². The minimum absolute atomic E-state index is 0.116. The molecule has 0 unspecified atom stereocenters. The highest BCUT2D eigenvalue weighted by atomic mass is 16.5. The van der Waals surface area contributed by atoms with E-state index in [0.717, 1.165) is 0 Å². The first-order valence-electron chi connectivity index (χ1n) is 6.74. The maximum absolute atomic E-state index is 10.0. The quantitative estimate of drug-likeness (QED) is 0.889. The van der Waals surface area contributed by atoms with Gasteiger partial charge in [-0.15, -0.1) is 0 Å². The first-order chi connectivity index (χ1) is 9.60. The number of nitrogens with zero attached hydrogens (tertiary/aromatic N) is 4. The highest BCUT2D eigenvalue weighted by molar-refractivity contribution is 5.82. The summed E-state index contributed by atoms with van der Waals surface area (Å²) in [5.41, 5.74) is 1.12. The summed E-state index contributed by atoms with van der Waals surface area (Å²) in [4.78, 5) is 15.1. The molecule has 20 heavy (non-hydrogen) atoms. The number of fused-ring (bicyclic) bond motifs is 1. The lowest BCUT2D eigenvalue weighted by atomic mass is 10.2. The van der Waals surface area contributed by atoms with Crippen LogP contribution in [0.1, 0.15) is 18.6 Å². The highest BCUT2D eigenvalue weighted by Gasteiger charge is 2.33. The van der Waals surface area contributed by atoms with E-state index in [1.54, 1.807) is 6.92 Å². The first-order valence-corrected chi connectivity index (χ1v) is 6.74. The molecule has 0 aliphatic carbocycles. The summed E-state index contributed by atoms with van der Waals surface area (Å²) in [6.07, 6.45) is -0.520. The van der Waals surface area contributed by atoms with Crippen LogP contribution in [0.3, 0.4) is 0 Å². The number of aliphatic hydroxyl groups is 1. The van der Waals surface area contributed by atoms with Crippen LogP contribution in [0.25, 0.3) is 11.2 Å². The van der Waals surface area contributed by atoms with E-state index < -0.39 is 6.10 Å². The largest absolute Gasteiger partial charge is 0.422 e. The Hall–Kier alpha value is -1.73. The number of aromatic nitrogens is 3. The zero-order valence-corrected chi connectivity index (χ0v) is 11.8. The Balaban J connectivity index is 2.10. The van der Waals surface area contributed by atoms with Gasteiger partial charge in [-0.1, -0.05) is 0 Å². The maximum atomic E-state index is 10.0. The molecule has 7 nitrogen and oxygen atoms in total. The molecule has 0 radical (unpaired) electrons. The molecule has 1 N–H and O–H groups in total. The third-order valence-corrected chi connectivity index (χ3v) is 3.49. The van der Waals surface area contributed by atoms with Gasteiger partial charge < -0.3 is 19.2 Å². The molecule has 2 atom stereocenters. The minimum atomic E-state index is -0.520. The van der Waals surface area contributed by atoms with Crippen molar-refractivity contribution in [1.82, 2.24) is 15.0 Å². The summed E-state index contributed by atoms with van der Waals surface area (Å²) in [7, 11) is 0. The van der Waals surface area contributed by atoms with Crippen molar-refractivity contribution in [1.29, 1.82) is 0 Å². The minimum Gasteiger partial charge on any atom is -0.422 e. The van der Waals surface area contributed by atoms with Crippen LogP contribution in [-0.2, 0) is 4.74 Å². The number of aryl methyl sites for hydroxylation is 2. The van der Waals surface area contributed by atoms with Gasteiger partial charge in [0, 0.05) is 13.5 Å². The molecule has 2 aromatic heterocycles. The number of oxazole rings is 1. The molecule has 1 aliphatic heterocycles. The molecule has 0 bridgehead atoms. The smallest absolute Gasteiger partial charge is 0.252 e. The van der Waals surface area contributed by atoms with Crippen LogP contribution >= 0.6 is 0 Å². The molecule has 0 saturated carbocycles. The summed E-state index contributed by atoms with van der Waals surface area (Å²) >= 11 is 0. The Bertz CT molecular complexity index is 627. The predicted molar refractivity (Wildman–Crippen MR) is 72.7 cm³/mol. The average Bonchev–Trinajstić information content (AvgIpc) is 2.96. The number of hydrogen-bond donors (Lipinski definition) is 1. The van der Waals surface area contributed by atoms with Gasteiger partial charge in [-0.2, -0.15) is 4.98 Å². The number of hydrogen-bond acceptors (Lipinski definition) is 7. The van der Waals surface area contributed by atoms with Gasteiger partial charge in [0.15, 0.2) is 17.2 Å². The summed E-state index contributed by atoms with van der Waals surface area (Å²) in [5.74, 6) is 1.87. The lowest BCUT2D eigenvalue weighted by molar-refractivity contribution is 0.124. The van der Waals surface area contributed by atoms with Gasteiger partial charge in [-0.3, -0.25) is 0 Å². The van der Waals surface area contributed by atoms with Crippen molar-refractivity contribution in [3.8, 4) is 0 Å². The van der Waals surface area contributed by atoms with Crippen molar-refractivity contribution in [3.63, 3.8) is 0 Å². The van der Waals surface area contributed by atoms with Crippen molar-refractivity contribution in [2.45, 2.75) is 32.9 Å². The molecule has 1 fully saturated rings. The Morgan fingerprint density at radius 3 is 2.70 bits per heavy atom. The zero-order chi connectivity index (χ0) is 14.3. The van der Waals surface area contributed by atoms with Crippen LogP contribution in [0, 0.1) is 13.8 Å². The van der Waals surface area contributed by atoms with Crippen molar-refractivity contribution < 1.29 is 14.3 Å². The summed E-state index contributed by atoms with van der Waals surface area (Å²) in [6, 6.07) is -0.116. The lowest BCUT2D eigenvalue weighted by Gasteiger charge is -2.29. The molecule has 0 amide bonds. The van der Waals surface area contributed by atoms with Gasteiger partial charge >= 0.3 is 0 Å². The van der Waals surface area contributed by atoms with E-state index in [2.05, 4.69) is 15.0 Å². The molecule has 0 aromatic carbocycles. The van der Waals surface area contributed by atoms with E-state index in [0.29, 0.717) is 48.5 Å². The number of aliphatic hydroxyl groups excluding tert-OH is 1. The Labute approximate surface area is 116 Å². The molecule has 1 aliphatic rings. The van der Waals surface area contributed by atoms with E-state index in [1.807, 2.05) is 18.7 Å². The van der Waals surface area contributed by atoms with E-state index >= 15 is 0 Å². The van der Waals surface area contributed by atoms with E-state index in [4.69, 9.17) is 9.15 Å². The maximum Gasteiger partial charge on any atom is 0.252 e. The number of likely N-dealkylation sites (N-methyl/N-ethyl adjacent to an activating group) is 1. The highest BCUT2D eigenvalue weighted by Crippen LogP contribution is 2.27. The summed E-state index contributed by atoms with van der Waals surface area (Å²) < 4.78 is 10.8. The fourth-order valence-electron chi connectivity index (χ4n) is 2.59. The standard InChI is InChI=1S/C13H18N4O3/c1-4-17(9-5-19-6-10(9)18)12-11-13(15-7(2)14-12)20-8(3)16-11/h9-10,18H,4-6H2,1-3H3/t9-,10-/m0/s1. The van der Waals surface area contributed by atoms with E-state index in [9.17, 15) is 5.11 Å². The molecular weight excluding hydrogens is 260 g/mol. The molecule has 7 heteroatoms. The van der Waals surface area contributed by atoms with Crippen LogP contribution in [0.2, 0.25) is 0 Å². The Morgan fingerprint density at radius 2 is 2.05 bits per heavy atom. The van der Waals surface area contributed by atoms with Gasteiger partial charge in [-0.05, 0) is 13.8 Å². The van der Waals surface area contributed by atoms with Crippen molar-refractivity contribution >= 4 is 17.0 Å². The van der Waals surface area contributed by atoms with E-state index in [1.165, 1.54) is 0 Å². The van der Waals surface area contributed by atoms with Gasteiger partial charge in [-0.25, -0.2) is 9.97 Å². The Morgan fingerprint density at radius 1 is 1.25 bits per heavy atom. The second-order valence-corrected chi connectivity index (χ2v) is 4.94. The predicted octanol–water partition coefficient (Wildman–Crippen LogP) is 0.821. The van der Waals surface area contributed by atoms with Crippen LogP contribution in [0.15, 0.2) is 4.42 Å². The summed E-state index contributed by atoms with van der Waals surface area (Å²) in [5, 5.41) is 10.0. The molecule has 1 saturated heterocycles. The molecule has 2 aromatic rings. The molecule has 3 rings (SSSR count). The number of rotatable bonds is 3. The Kier molecular flexibility index (Phi) is 3.31. The summed E-state index contributed by atoms with van der Waals surface area (Å²) in [6.45, 7) is 7.15. The molecule has 0 spiro atoms. The molecule has 3 heterocycles. The third kappa shape index (κ3) is 2.12.